The molecule has 6 nitrogen and oxygen atoms in total. The molecule has 0 aliphatic rings. The summed E-state index contributed by atoms with van der Waals surface area (Å²) in [6.07, 6.45) is -1.02. The Hall–Kier alpha value is -2.86. The van der Waals surface area contributed by atoms with Crippen LogP contribution in [0.4, 0.5) is 5.69 Å². The Morgan fingerprint density at radius 3 is 2.36 bits per heavy atom. The van der Waals surface area contributed by atoms with E-state index in [9.17, 15) is 9.59 Å². The number of nitrogens with zero attached hydrogens (tertiary/aromatic N) is 1. The first-order chi connectivity index (χ1) is 12.0. The zero-order valence-electron chi connectivity index (χ0n) is 14.3. The molecule has 0 aromatic heterocycles. The van der Waals surface area contributed by atoms with Crippen LogP contribution in [0, 0.1) is 0 Å². The van der Waals surface area contributed by atoms with E-state index in [4.69, 9.17) is 9.84 Å². The lowest BCUT2D eigenvalue weighted by Gasteiger charge is -2.22. The number of benzene rings is 2. The second kappa shape index (κ2) is 8.84. The number of para-hydroxylation sites is 1. The number of aliphatic hydroxyl groups is 1. The van der Waals surface area contributed by atoms with Gasteiger partial charge in [0.25, 0.3) is 5.91 Å². The number of likely N-dealkylation sites (N-methyl/N-ethyl adjacent to an activating group) is 1. The van der Waals surface area contributed by atoms with Crippen molar-refractivity contribution in [2.45, 2.75) is 6.10 Å². The fourth-order valence-electron chi connectivity index (χ4n) is 2.30. The molecule has 0 fully saturated rings. The zero-order chi connectivity index (χ0) is 18.2. The van der Waals surface area contributed by atoms with Gasteiger partial charge in [0.2, 0.25) is 6.10 Å². The summed E-state index contributed by atoms with van der Waals surface area (Å²) >= 11 is 0. The van der Waals surface area contributed by atoms with Crippen LogP contribution < -0.4 is 5.32 Å². The van der Waals surface area contributed by atoms with Crippen molar-refractivity contribution in [2.24, 2.45) is 0 Å². The fraction of sp³-hybridized carbons (Fsp3) is 0.263. The first kappa shape index (κ1) is 18.5. The molecule has 0 bridgehead atoms. The maximum Gasteiger partial charge on any atom is 0.341 e. The highest BCUT2D eigenvalue weighted by atomic mass is 16.5. The molecule has 2 aromatic carbocycles. The van der Waals surface area contributed by atoms with Crippen LogP contribution in [-0.4, -0.2) is 49.1 Å². The largest absolute Gasteiger partial charge is 0.444 e. The number of anilines is 1. The van der Waals surface area contributed by atoms with Crippen molar-refractivity contribution in [1.29, 1.82) is 0 Å². The minimum absolute atomic E-state index is 0.0604. The van der Waals surface area contributed by atoms with Crippen LogP contribution in [0.2, 0.25) is 0 Å². The third-order valence-corrected chi connectivity index (χ3v) is 3.57. The molecule has 1 atom stereocenters. The van der Waals surface area contributed by atoms with Gasteiger partial charge in [-0.05, 0) is 12.1 Å². The highest BCUT2D eigenvalue weighted by molar-refractivity contribution is 5.97. The molecule has 0 aliphatic heterocycles. The Balaban J connectivity index is 2.27. The molecule has 2 N–H and O–H groups in total. The van der Waals surface area contributed by atoms with E-state index in [0.717, 1.165) is 0 Å². The third-order valence-electron chi connectivity index (χ3n) is 3.57. The van der Waals surface area contributed by atoms with E-state index in [-0.39, 0.29) is 12.5 Å². The number of carbonyl (C=O) groups excluding carboxylic acids is 2. The predicted octanol–water partition coefficient (Wildman–Crippen LogP) is 2.08. The van der Waals surface area contributed by atoms with Gasteiger partial charge in [0.05, 0.1) is 12.2 Å². The SMILES string of the molecule is CN(C)C(=O)[C@H](OC(=O)c1ccccc1NCCO)c1ccccc1. The number of carbonyl (C=O) groups is 2. The van der Waals surface area contributed by atoms with Gasteiger partial charge in [-0.15, -0.1) is 0 Å². The van der Waals surface area contributed by atoms with Crippen LogP contribution in [0.3, 0.4) is 0 Å². The van der Waals surface area contributed by atoms with E-state index in [1.165, 1.54) is 4.90 Å². The maximum atomic E-state index is 12.6. The number of amides is 1. The van der Waals surface area contributed by atoms with Crippen molar-refractivity contribution in [3.05, 3.63) is 65.7 Å². The van der Waals surface area contributed by atoms with Gasteiger partial charge in [-0.3, -0.25) is 4.79 Å². The van der Waals surface area contributed by atoms with Gasteiger partial charge in [0.15, 0.2) is 0 Å². The predicted molar refractivity (Wildman–Crippen MR) is 95.3 cm³/mol. The van der Waals surface area contributed by atoms with Crippen LogP contribution in [0.5, 0.6) is 0 Å². The van der Waals surface area contributed by atoms with Crippen molar-refractivity contribution < 1.29 is 19.4 Å². The molecule has 6 heteroatoms. The Labute approximate surface area is 147 Å². The monoisotopic (exact) mass is 342 g/mol. The van der Waals surface area contributed by atoms with Crippen LogP contribution in [0.1, 0.15) is 22.0 Å². The summed E-state index contributed by atoms with van der Waals surface area (Å²) in [5.74, 6) is -0.926. The maximum absolute atomic E-state index is 12.6. The van der Waals surface area contributed by atoms with Gasteiger partial charge in [0.1, 0.15) is 0 Å². The third kappa shape index (κ3) is 4.81. The molecule has 0 saturated carbocycles. The molecule has 25 heavy (non-hydrogen) atoms. The van der Waals surface area contributed by atoms with E-state index in [1.807, 2.05) is 6.07 Å². The molecule has 0 saturated heterocycles. The first-order valence-corrected chi connectivity index (χ1v) is 7.95. The summed E-state index contributed by atoms with van der Waals surface area (Å²) < 4.78 is 5.53. The van der Waals surface area contributed by atoms with Gasteiger partial charge in [0, 0.05) is 31.9 Å². The molecular formula is C19H22N2O4. The molecule has 2 aromatic rings. The number of ether oxygens (including phenoxy) is 1. The minimum Gasteiger partial charge on any atom is -0.444 e. The summed E-state index contributed by atoms with van der Waals surface area (Å²) in [6, 6.07) is 15.7. The Morgan fingerprint density at radius 1 is 1.08 bits per heavy atom. The van der Waals surface area contributed by atoms with Crippen molar-refractivity contribution in [3.63, 3.8) is 0 Å². The van der Waals surface area contributed by atoms with Gasteiger partial charge >= 0.3 is 5.97 Å². The van der Waals surface area contributed by atoms with Gasteiger partial charge in [-0.1, -0.05) is 42.5 Å². The lowest BCUT2D eigenvalue weighted by atomic mass is 10.1. The molecule has 132 valence electrons. The molecule has 1 amide bonds. The summed E-state index contributed by atoms with van der Waals surface area (Å²) in [5.41, 5.74) is 1.46. The van der Waals surface area contributed by atoms with Gasteiger partial charge < -0.3 is 20.1 Å². The molecule has 0 heterocycles. The number of nitrogens with one attached hydrogen (secondary N) is 1. The molecule has 0 radical (unpaired) electrons. The van der Waals surface area contributed by atoms with Crippen LogP contribution in [0.25, 0.3) is 0 Å². The topological polar surface area (TPSA) is 78.9 Å². The first-order valence-electron chi connectivity index (χ1n) is 7.95. The standard InChI is InChI=1S/C19H22N2O4/c1-21(2)18(23)17(14-8-4-3-5-9-14)25-19(24)15-10-6-7-11-16(15)20-12-13-22/h3-11,17,20,22H,12-13H2,1-2H3/t17-/m1/s1. The Bertz CT molecular complexity index is 716. The van der Waals surface area contributed by atoms with E-state index >= 15 is 0 Å². The second-order valence-electron chi connectivity index (χ2n) is 5.62. The summed E-state index contributed by atoms with van der Waals surface area (Å²) in [7, 11) is 3.23. The average Bonchev–Trinajstić information content (AvgIpc) is 2.64. The highest BCUT2D eigenvalue weighted by Gasteiger charge is 2.27. The van der Waals surface area contributed by atoms with Crippen molar-refractivity contribution in [2.75, 3.05) is 32.6 Å². The van der Waals surface area contributed by atoms with Gasteiger partial charge in [-0.25, -0.2) is 4.79 Å². The summed E-state index contributed by atoms with van der Waals surface area (Å²) in [5, 5.41) is 11.9. The number of aliphatic hydroxyl groups excluding tert-OH is 1. The number of hydrogen-bond acceptors (Lipinski definition) is 5. The summed E-state index contributed by atoms with van der Waals surface area (Å²) in [4.78, 5) is 26.5. The second-order valence-corrected chi connectivity index (χ2v) is 5.62. The van der Waals surface area contributed by atoms with Gasteiger partial charge in [-0.2, -0.15) is 0 Å². The molecule has 0 spiro atoms. The van der Waals surface area contributed by atoms with E-state index in [2.05, 4.69) is 5.32 Å². The van der Waals surface area contributed by atoms with Crippen molar-refractivity contribution in [1.82, 2.24) is 4.90 Å². The van der Waals surface area contributed by atoms with Crippen LogP contribution in [0.15, 0.2) is 54.6 Å². The zero-order valence-corrected chi connectivity index (χ0v) is 14.3. The molecular weight excluding hydrogens is 320 g/mol. The van der Waals surface area contributed by atoms with Crippen LogP contribution in [-0.2, 0) is 9.53 Å². The molecule has 0 aliphatic carbocycles. The van der Waals surface area contributed by atoms with E-state index < -0.39 is 12.1 Å². The number of esters is 1. The smallest absolute Gasteiger partial charge is 0.341 e. The lowest BCUT2D eigenvalue weighted by Crippen LogP contribution is -2.31. The average molecular weight is 342 g/mol. The number of rotatable bonds is 7. The van der Waals surface area contributed by atoms with Crippen LogP contribution >= 0.6 is 0 Å². The van der Waals surface area contributed by atoms with E-state index in [1.54, 1.807) is 62.6 Å². The van der Waals surface area contributed by atoms with Crippen molar-refractivity contribution >= 4 is 17.6 Å². The Morgan fingerprint density at radius 2 is 1.72 bits per heavy atom. The molecule has 0 unspecified atom stereocenters. The number of hydrogen-bond donors (Lipinski definition) is 2. The Kier molecular flexibility index (Phi) is 6.54. The molecule has 2 rings (SSSR count). The highest BCUT2D eigenvalue weighted by Crippen LogP contribution is 2.23. The minimum atomic E-state index is -1.02. The quantitative estimate of drug-likeness (QED) is 0.753. The lowest BCUT2D eigenvalue weighted by molar-refractivity contribution is -0.138. The van der Waals surface area contributed by atoms with Crippen molar-refractivity contribution in [3.8, 4) is 0 Å². The fourth-order valence-corrected chi connectivity index (χ4v) is 2.30. The van der Waals surface area contributed by atoms with E-state index in [0.29, 0.717) is 23.4 Å². The normalized spacial score (nSPS) is 11.5. The summed E-state index contributed by atoms with van der Waals surface area (Å²) in [6.45, 7) is 0.248.